The van der Waals surface area contributed by atoms with Gasteiger partial charge in [0.15, 0.2) is 6.61 Å². The SMILES string of the molecule is Cc1cccc(C)c1NC(=O)COC(=O)CNC(=O)C12CC3CC(CC(C3)C1)C2. The van der Waals surface area contributed by atoms with Crippen LogP contribution in [0.3, 0.4) is 0 Å². The van der Waals surface area contributed by atoms with Gasteiger partial charge in [0.2, 0.25) is 5.91 Å². The number of aryl methyl sites for hydroxylation is 2. The molecule has 6 nitrogen and oxygen atoms in total. The van der Waals surface area contributed by atoms with Crippen molar-refractivity contribution in [2.45, 2.75) is 52.4 Å². The molecule has 0 saturated heterocycles. The third kappa shape index (κ3) is 4.16. The first-order valence-corrected chi connectivity index (χ1v) is 10.6. The Balaban J connectivity index is 1.23. The van der Waals surface area contributed by atoms with Crippen molar-refractivity contribution in [3.63, 3.8) is 0 Å². The van der Waals surface area contributed by atoms with Crippen LogP contribution >= 0.6 is 0 Å². The number of carbonyl (C=O) groups is 3. The standard InChI is InChI=1S/C23H30N2O4/c1-14-4-3-5-15(2)21(14)25-19(26)13-29-20(27)12-24-22(28)23-9-16-6-17(10-23)8-18(7-16)11-23/h3-5,16-18H,6-13H2,1-2H3,(H,24,28)(H,25,26). The van der Waals surface area contributed by atoms with E-state index in [9.17, 15) is 14.4 Å². The zero-order valence-corrected chi connectivity index (χ0v) is 17.3. The molecule has 4 aliphatic rings. The van der Waals surface area contributed by atoms with Crippen LogP contribution in [-0.2, 0) is 19.1 Å². The highest BCUT2D eigenvalue weighted by Crippen LogP contribution is 2.60. The fourth-order valence-corrected chi connectivity index (χ4v) is 6.11. The maximum Gasteiger partial charge on any atom is 0.325 e. The quantitative estimate of drug-likeness (QED) is 0.721. The number of para-hydroxylation sites is 1. The lowest BCUT2D eigenvalue weighted by molar-refractivity contribution is -0.152. The van der Waals surface area contributed by atoms with Gasteiger partial charge in [-0.1, -0.05) is 18.2 Å². The minimum Gasteiger partial charge on any atom is -0.454 e. The molecular weight excluding hydrogens is 368 g/mol. The van der Waals surface area contributed by atoms with E-state index in [2.05, 4.69) is 10.6 Å². The Kier molecular flexibility index (Phi) is 5.36. The molecule has 5 rings (SSSR count). The minimum atomic E-state index is -0.584. The highest BCUT2D eigenvalue weighted by molar-refractivity contribution is 5.94. The smallest absolute Gasteiger partial charge is 0.325 e. The van der Waals surface area contributed by atoms with Gasteiger partial charge in [-0.25, -0.2) is 0 Å². The van der Waals surface area contributed by atoms with Crippen LogP contribution in [0.2, 0.25) is 0 Å². The predicted molar refractivity (Wildman–Crippen MR) is 109 cm³/mol. The molecule has 1 aromatic carbocycles. The number of ether oxygens (including phenoxy) is 1. The summed E-state index contributed by atoms with van der Waals surface area (Å²) in [4.78, 5) is 37.0. The van der Waals surface area contributed by atoms with Gasteiger partial charge < -0.3 is 15.4 Å². The maximum absolute atomic E-state index is 12.9. The highest BCUT2D eigenvalue weighted by Gasteiger charge is 2.54. The molecule has 4 bridgehead atoms. The van der Waals surface area contributed by atoms with Gasteiger partial charge in [-0.05, 0) is 81.3 Å². The van der Waals surface area contributed by atoms with Gasteiger partial charge >= 0.3 is 5.97 Å². The summed E-state index contributed by atoms with van der Waals surface area (Å²) < 4.78 is 5.06. The third-order valence-corrected chi connectivity index (χ3v) is 7.02. The van der Waals surface area contributed by atoms with E-state index in [0.717, 1.165) is 36.1 Å². The third-order valence-electron chi connectivity index (χ3n) is 7.02. The maximum atomic E-state index is 12.9. The summed E-state index contributed by atoms with van der Waals surface area (Å²) in [6.45, 7) is 3.28. The molecule has 0 spiro atoms. The molecule has 1 aromatic rings. The molecule has 4 aliphatic carbocycles. The van der Waals surface area contributed by atoms with E-state index < -0.39 is 5.97 Å². The molecule has 6 heteroatoms. The Labute approximate surface area is 171 Å². The van der Waals surface area contributed by atoms with Crippen LogP contribution in [0.1, 0.15) is 49.7 Å². The van der Waals surface area contributed by atoms with Crippen LogP contribution in [-0.4, -0.2) is 30.9 Å². The van der Waals surface area contributed by atoms with Crippen LogP contribution in [0.15, 0.2) is 18.2 Å². The lowest BCUT2D eigenvalue weighted by atomic mass is 9.49. The molecule has 0 aliphatic heterocycles. The molecule has 2 N–H and O–H groups in total. The van der Waals surface area contributed by atoms with Crippen molar-refractivity contribution in [2.24, 2.45) is 23.2 Å². The van der Waals surface area contributed by atoms with E-state index in [0.29, 0.717) is 17.8 Å². The number of hydrogen-bond donors (Lipinski definition) is 2. The van der Waals surface area contributed by atoms with E-state index in [1.807, 2.05) is 32.0 Å². The molecule has 156 valence electrons. The molecule has 29 heavy (non-hydrogen) atoms. The van der Waals surface area contributed by atoms with Gasteiger partial charge in [0.25, 0.3) is 5.91 Å². The van der Waals surface area contributed by atoms with Crippen LogP contribution in [0, 0.1) is 37.0 Å². The lowest BCUT2D eigenvalue weighted by Crippen LogP contribution is -2.54. The molecule has 4 saturated carbocycles. The summed E-state index contributed by atoms with van der Waals surface area (Å²) in [5.74, 6) is 1.05. The van der Waals surface area contributed by atoms with Gasteiger partial charge in [-0.2, -0.15) is 0 Å². The first-order chi connectivity index (χ1) is 13.8. The summed E-state index contributed by atoms with van der Waals surface area (Å²) >= 11 is 0. The average molecular weight is 399 g/mol. The van der Waals surface area contributed by atoms with Crippen molar-refractivity contribution in [1.82, 2.24) is 5.32 Å². The largest absolute Gasteiger partial charge is 0.454 e. The average Bonchev–Trinajstić information content (AvgIpc) is 2.66. The molecule has 0 heterocycles. The number of rotatable bonds is 6. The fraction of sp³-hybridized carbons (Fsp3) is 0.609. The molecule has 2 amide bonds. The van der Waals surface area contributed by atoms with Crippen molar-refractivity contribution >= 4 is 23.5 Å². The highest BCUT2D eigenvalue weighted by atomic mass is 16.5. The van der Waals surface area contributed by atoms with Crippen molar-refractivity contribution in [3.8, 4) is 0 Å². The summed E-state index contributed by atoms with van der Waals surface area (Å²) in [5, 5.41) is 5.57. The summed E-state index contributed by atoms with van der Waals surface area (Å²) in [6.07, 6.45) is 6.67. The van der Waals surface area contributed by atoms with Crippen LogP contribution in [0.4, 0.5) is 5.69 Å². The summed E-state index contributed by atoms with van der Waals surface area (Å²) in [6, 6.07) is 5.75. The van der Waals surface area contributed by atoms with E-state index >= 15 is 0 Å². The van der Waals surface area contributed by atoms with Gasteiger partial charge in [-0.3, -0.25) is 14.4 Å². The van der Waals surface area contributed by atoms with Crippen LogP contribution in [0.5, 0.6) is 0 Å². The molecule has 4 fully saturated rings. The van der Waals surface area contributed by atoms with E-state index in [4.69, 9.17) is 4.74 Å². The number of anilines is 1. The molecule has 0 radical (unpaired) electrons. The molecule has 0 unspecified atom stereocenters. The van der Waals surface area contributed by atoms with Crippen LogP contribution < -0.4 is 10.6 Å². The van der Waals surface area contributed by atoms with E-state index in [1.54, 1.807) is 0 Å². The normalized spacial score (nSPS) is 29.4. The number of carbonyl (C=O) groups excluding carboxylic acids is 3. The summed E-state index contributed by atoms with van der Waals surface area (Å²) in [5.41, 5.74) is 2.36. The van der Waals surface area contributed by atoms with Crippen molar-refractivity contribution < 1.29 is 19.1 Å². The second-order valence-corrected chi connectivity index (χ2v) is 9.36. The second-order valence-electron chi connectivity index (χ2n) is 9.36. The van der Waals surface area contributed by atoms with Crippen molar-refractivity contribution in [3.05, 3.63) is 29.3 Å². The first-order valence-electron chi connectivity index (χ1n) is 10.6. The Hall–Kier alpha value is -2.37. The number of nitrogens with one attached hydrogen (secondary N) is 2. The van der Waals surface area contributed by atoms with E-state index in [-0.39, 0.29) is 30.4 Å². The number of benzene rings is 1. The van der Waals surface area contributed by atoms with Gasteiger partial charge in [0.1, 0.15) is 6.54 Å². The fourth-order valence-electron chi connectivity index (χ4n) is 6.11. The topological polar surface area (TPSA) is 84.5 Å². The lowest BCUT2D eigenvalue weighted by Gasteiger charge is -2.55. The number of esters is 1. The molecule has 0 aromatic heterocycles. The van der Waals surface area contributed by atoms with Crippen molar-refractivity contribution in [2.75, 3.05) is 18.5 Å². The van der Waals surface area contributed by atoms with Gasteiger partial charge in [0.05, 0.1) is 0 Å². The number of amides is 2. The van der Waals surface area contributed by atoms with Gasteiger partial charge in [-0.15, -0.1) is 0 Å². The summed E-state index contributed by atoms with van der Waals surface area (Å²) in [7, 11) is 0. The van der Waals surface area contributed by atoms with Gasteiger partial charge in [0, 0.05) is 11.1 Å². The minimum absolute atomic E-state index is 0.00598. The predicted octanol–water partition coefficient (Wildman–Crippen LogP) is 3.12. The molecule has 0 atom stereocenters. The Morgan fingerprint density at radius 1 is 1.00 bits per heavy atom. The van der Waals surface area contributed by atoms with E-state index in [1.165, 1.54) is 19.3 Å². The zero-order chi connectivity index (χ0) is 20.6. The Bertz CT molecular complexity index is 777. The Morgan fingerprint density at radius 2 is 1.55 bits per heavy atom. The number of hydrogen-bond acceptors (Lipinski definition) is 4. The monoisotopic (exact) mass is 398 g/mol. The van der Waals surface area contributed by atoms with Crippen LogP contribution in [0.25, 0.3) is 0 Å². The molecular formula is C23H30N2O4. The first kappa shape index (κ1) is 19.9. The Morgan fingerprint density at radius 3 is 2.10 bits per heavy atom. The van der Waals surface area contributed by atoms with Crippen molar-refractivity contribution in [1.29, 1.82) is 0 Å². The zero-order valence-electron chi connectivity index (χ0n) is 17.3. The second kappa shape index (κ2) is 7.81.